The van der Waals surface area contributed by atoms with Crippen LogP contribution in [0.25, 0.3) is 10.8 Å². The molecule has 4 N–H and O–H groups in total. The van der Waals surface area contributed by atoms with Crippen molar-refractivity contribution in [3.05, 3.63) is 36.4 Å². The van der Waals surface area contributed by atoms with Gasteiger partial charge in [-0.15, -0.1) is 0 Å². The number of anilines is 1. The van der Waals surface area contributed by atoms with E-state index >= 15 is 0 Å². The molecule has 0 aliphatic heterocycles. The number of nitrogen functional groups attached to an aromatic ring is 1. The van der Waals surface area contributed by atoms with Gasteiger partial charge in [0.1, 0.15) is 5.71 Å². The Morgan fingerprint density at radius 1 is 1.29 bits per heavy atom. The fourth-order valence-corrected chi connectivity index (χ4v) is 1.87. The molecule has 0 atom stereocenters. The first kappa shape index (κ1) is 16.2. The van der Waals surface area contributed by atoms with Gasteiger partial charge in [-0.05, 0) is 23.9 Å². The number of nitrogens with two attached hydrogens (primary N) is 1. The Labute approximate surface area is 121 Å². The molecule has 21 heavy (non-hydrogen) atoms. The molecule has 2 aromatic rings. The monoisotopic (exact) mass is 288 g/mol. The second-order valence-corrected chi connectivity index (χ2v) is 4.05. The van der Waals surface area contributed by atoms with E-state index in [0.29, 0.717) is 17.8 Å². The van der Waals surface area contributed by atoms with E-state index in [1.165, 1.54) is 0 Å². The van der Waals surface area contributed by atoms with Crippen molar-refractivity contribution in [1.82, 2.24) is 0 Å². The van der Waals surface area contributed by atoms with E-state index < -0.39 is 5.97 Å². The van der Waals surface area contributed by atoms with Gasteiger partial charge in [0, 0.05) is 11.1 Å². The van der Waals surface area contributed by atoms with Gasteiger partial charge >= 0.3 is 5.97 Å². The van der Waals surface area contributed by atoms with Crippen LogP contribution in [0.4, 0.5) is 11.4 Å². The SMILES string of the molecule is CCC(=Nc1cccc2cccc(N)c12)C(=O)O.O=CO. The van der Waals surface area contributed by atoms with Gasteiger partial charge in [0.15, 0.2) is 0 Å². The molecule has 0 bridgehead atoms. The van der Waals surface area contributed by atoms with E-state index in [1.807, 2.05) is 24.3 Å². The highest BCUT2D eigenvalue weighted by atomic mass is 16.4. The highest BCUT2D eigenvalue weighted by Gasteiger charge is 2.09. The molecule has 0 amide bonds. The molecule has 0 saturated carbocycles. The van der Waals surface area contributed by atoms with Gasteiger partial charge in [0.2, 0.25) is 0 Å². The predicted octanol–water partition coefficient (Wildman–Crippen LogP) is 2.69. The predicted molar refractivity (Wildman–Crippen MR) is 82.1 cm³/mol. The number of nitrogens with zero attached hydrogens (tertiary/aromatic N) is 1. The average Bonchev–Trinajstić information content (AvgIpc) is 2.45. The van der Waals surface area contributed by atoms with Crippen molar-refractivity contribution >= 4 is 40.3 Å². The van der Waals surface area contributed by atoms with Crippen LogP contribution in [0.3, 0.4) is 0 Å². The number of carboxylic acids is 1. The lowest BCUT2D eigenvalue weighted by molar-refractivity contribution is -0.129. The normalized spacial score (nSPS) is 10.6. The number of hydrogen-bond donors (Lipinski definition) is 3. The van der Waals surface area contributed by atoms with E-state index in [4.69, 9.17) is 20.7 Å². The maximum absolute atomic E-state index is 11.0. The summed E-state index contributed by atoms with van der Waals surface area (Å²) in [4.78, 5) is 23.6. The fourth-order valence-electron chi connectivity index (χ4n) is 1.87. The molecule has 6 nitrogen and oxygen atoms in total. The van der Waals surface area contributed by atoms with Crippen molar-refractivity contribution in [1.29, 1.82) is 0 Å². The van der Waals surface area contributed by atoms with Crippen LogP contribution in [-0.2, 0) is 9.59 Å². The molecular formula is C15H16N2O4. The minimum absolute atomic E-state index is 0.130. The minimum atomic E-state index is -0.996. The summed E-state index contributed by atoms with van der Waals surface area (Å²) in [6.45, 7) is 1.52. The van der Waals surface area contributed by atoms with Gasteiger partial charge in [0.05, 0.1) is 5.69 Å². The van der Waals surface area contributed by atoms with Gasteiger partial charge in [-0.1, -0.05) is 31.2 Å². The first-order chi connectivity index (χ1) is 10.0. The molecule has 110 valence electrons. The molecular weight excluding hydrogens is 272 g/mol. The second-order valence-electron chi connectivity index (χ2n) is 4.05. The number of rotatable bonds is 3. The largest absolute Gasteiger partial charge is 0.483 e. The zero-order valence-corrected chi connectivity index (χ0v) is 11.5. The van der Waals surface area contributed by atoms with Crippen LogP contribution in [0, 0.1) is 0 Å². The Balaban J connectivity index is 0.000000677. The Kier molecular flexibility index (Phi) is 5.88. The van der Waals surface area contributed by atoms with Crippen LogP contribution in [-0.4, -0.2) is 28.4 Å². The first-order valence-electron chi connectivity index (χ1n) is 6.21. The van der Waals surface area contributed by atoms with Crippen molar-refractivity contribution in [2.45, 2.75) is 13.3 Å². The summed E-state index contributed by atoms with van der Waals surface area (Å²) in [7, 11) is 0. The van der Waals surface area contributed by atoms with Crippen LogP contribution in [0.5, 0.6) is 0 Å². The second kappa shape index (κ2) is 7.64. The fraction of sp³-hybridized carbons (Fsp3) is 0.133. The molecule has 0 radical (unpaired) electrons. The molecule has 0 fully saturated rings. The van der Waals surface area contributed by atoms with E-state index in [-0.39, 0.29) is 12.2 Å². The lowest BCUT2D eigenvalue weighted by Crippen LogP contribution is -2.10. The number of carbonyl (C=O) groups is 2. The Morgan fingerprint density at radius 3 is 2.38 bits per heavy atom. The molecule has 6 heteroatoms. The lowest BCUT2D eigenvalue weighted by atomic mass is 10.1. The van der Waals surface area contributed by atoms with Crippen molar-refractivity contribution in [2.24, 2.45) is 4.99 Å². The highest BCUT2D eigenvalue weighted by Crippen LogP contribution is 2.31. The third-order valence-electron chi connectivity index (χ3n) is 2.75. The van der Waals surface area contributed by atoms with Crippen molar-refractivity contribution in [3.63, 3.8) is 0 Å². The van der Waals surface area contributed by atoms with Gasteiger partial charge in [-0.25, -0.2) is 9.79 Å². The van der Waals surface area contributed by atoms with Crippen LogP contribution in [0.2, 0.25) is 0 Å². The summed E-state index contributed by atoms with van der Waals surface area (Å²) in [6, 6.07) is 11.1. The van der Waals surface area contributed by atoms with E-state index in [9.17, 15) is 4.79 Å². The zero-order valence-electron chi connectivity index (χ0n) is 11.5. The summed E-state index contributed by atoms with van der Waals surface area (Å²) < 4.78 is 0. The topological polar surface area (TPSA) is 113 Å². The van der Waals surface area contributed by atoms with E-state index in [1.54, 1.807) is 19.1 Å². The third-order valence-corrected chi connectivity index (χ3v) is 2.75. The summed E-state index contributed by atoms with van der Waals surface area (Å²) >= 11 is 0. The Bertz CT molecular complexity index is 675. The third kappa shape index (κ3) is 4.04. The lowest BCUT2D eigenvalue weighted by Gasteiger charge is -2.06. The smallest absolute Gasteiger partial charge is 0.350 e. The maximum Gasteiger partial charge on any atom is 0.350 e. The molecule has 2 rings (SSSR count). The molecule has 0 spiro atoms. The van der Waals surface area contributed by atoms with Crippen LogP contribution in [0.1, 0.15) is 13.3 Å². The quantitative estimate of drug-likeness (QED) is 0.456. The number of hydrogen-bond acceptors (Lipinski definition) is 4. The first-order valence-corrected chi connectivity index (χ1v) is 6.21. The number of carboxylic acid groups (broad SMARTS) is 2. The molecule has 0 aliphatic rings. The molecule has 0 aromatic heterocycles. The molecule has 0 aliphatic carbocycles. The Hall–Kier alpha value is -2.89. The molecule has 0 heterocycles. The maximum atomic E-state index is 11.0. The zero-order chi connectivity index (χ0) is 15.8. The Morgan fingerprint density at radius 2 is 1.86 bits per heavy atom. The van der Waals surface area contributed by atoms with Crippen molar-refractivity contribution in [3.8, 4) is 0 Å². The van der Waals surface area contributed by atoms with Crippen LogP contribution >= 0.6 is 0 Å². The number of benzene rings is 2. The summed E-state index contributed by atoms with van der Waals surface area (Å²) in [6.07, 6.45) is 0.373. The van der Waals surface area contributed by atoms with Crippen LogP contribution < -0.4 is 5.73 Å². The number of fused-ring (bicyclic) bond motifs is 1. The number of aliphatic carboxylic acids is 1. The van der Waals surface area contributed by atoms with E-state index in [0.717, 1.165) is 10.8 Å². The summed E-state index contributed by atoms with van der Waals surface area (Å²) in [5.41, 5.74) is 7.27. The van der Waals surface area contributed by atoms with Crippen LogP contribution in [0.15, 0.2) is 41.4 Å². The highest BCUT2D eigenvalue weighted by molar-refractivity contribution is 6.36. The van der Waals surface area contributed by atoms with Gasteiger partial charge in [0.25, 0.3) is 6.47 Å². The minimum Gasteiger partial charge on any atom is -0.483 e. The molecule has 0 unspecified atom stereocenters. The average molecular weight is 288 g/mol. The van der Waals surface area contributed by atoms with Crippen molar-refractivity contribution < 1.29 is 19.8 Å². The molecule has 0 saturated heterocycles. The number of aliphatic imine (C=N–C) groups is 1. The van der Waals surface area contributed by atoms with Gasteiger partial charge in [-0.2, -0.15) is 0 Å². The van der Waals surface area contributed by atoms with E-state index in [2.05, 4.69) is 4.99 Å². The summed E-state index contributed by atoms with van der Waals surface area (Å²) in [5, 5.41) is 17.7. The van der Waals surface area contributed by atoms with Gasteiger partial charge in [-0.3, -0.25) is 4.79 Å². The van der Waals surface area contributed by atoms with Gasteiger partial charge < -0.3 is 15.9 Å². The molecule has 2 aromatic carbocycles. The standard InChI is InChI=1S/C14H14N2O2.CH2O2/c1-2-11(14(17)18)16-12-8-4-6-9-5-3-7-10(15)13(9)12;2-1-3/h3-8H,2,15H2,1H3,(H,17,18);1H,(H,2,3). The van der Waals surface area contributed by atoms with Crippen molar-refractivity contribution in [2.75, 3.05) is 5.73 Å². The summed E-state index contributed by atoms with van der Waals surface area (Å²) in [5.74, 6) is -0.996.